The number of sulfonamides is 1. The summed E-state index contributed by atoms with van der Waals surface area (Å²) in [6.07, 6.45) is 1.04. The molecule has 0 radical (unpaired) electrons. The second kappa shape index (κ2) is 8.07. The monoisotopic (exact) mass is 446 g/mol. The molecule has 0 spiro atoms. The van der Waals surface area contributed by atoms with E-state index in [0.717, 1.165) is 10.6 Å². The molecule has 1 amide bonds. The first-order valence-electron chi connectivity index (χ1n) is 7.08. The Hall–Kier alpha value is -1.77. The zero-order chi connectivity index (χ0) is 18.6. The number of hydrogen-bond donors (Lipinski definition) is 1. The molecule has 6 nitrogen and oxygen atoms in total. The molecule has 0 atom stereocenters. The Morgan fingerprint density at radius 3 is 2.56 bits per heavy atom. The largest absolute Gasteiger partial charge is 0.495 e. The van der Waals surface area contributed by atoms with E-state index in [1.165, 1.54) is 13.2 Å². The minimum absolute atomic E-state index is 0.362. The van der Waals surface area contributed by atoms with Crippen LogP contribution in [0.1, 0.15) is 0 Å². The number of hydrogen-bond acceptors (Lipinski definition) is 4. The lowest BCUT2D eigenvalue weighted by atomic mass is 10.3. The van der Waals surface area contributed by atoms with Crippen LogP contribution in [0, 0.1) is 0 Å². The molecule has 9 heteroatoms. The molecule has 0 heterocycles. The van der Waals surface area contributed by atoms with E-state index in [9.17, 15) is 13.2 Å². The first-order valence-corrected chi connectivity index (χ1v) is 10.1. The Morgan fingerprint density at radius 1 is 1.28 bits per heavy atom. The maximum Gasteiger partial charge on any atom is 0.245 e. The zero-order valence-corrected chi connectivity index (χ0v) is 16.7. The van der Waals surface area contributed by atoms with Crippen molar-refractivity contribution < 1.29 is 17.9 Å². The molecule has 1 N–H and O–H groups in total. The van der Waals surface area contributed by atoms with Crippen LogP contribution in [0.2, 0.25) is 5.02 Å². The van der Waals surface area contributed by atoms with Crippen molar-refractivity contribution in [2.24, 2.45) is 0 Å². The van der Waals surface area contributed by atoms with Crippen LogP contribution < -0.4 is 14.4 Å². The summed E-state index contributed by atoms with van der Waals surface area (Å²) in [6, 6.07) is 11.5. The Labute approximate surface area is 159 Å². The number of ether oxygens (including phenoxy) is 1. The van der Waals surface area contributed by atoms with Gasteiger partial charge >= 0.3 is 0 Å². The topological polar surface area (TPSA) is 75.7 Å². The Kier molecular flexibility index (Phi) is 6.31. The molecule has 2 aromatic carbocycles. The molecule has 0 fully saturated rings. The number of carbonyl (C=O) groups is 1. The van der Waals surface area contributed by atoms with Crippen molar-refractivity contribution in [1.82, 2.24) is 0 Å². The normalized spacial score (nSPS) is 11.0. The van der Waals surface area contributed by atoms with Gasteiger partial charge in [0, 0.05) is 9.50 Å². The SMILES string of the molecule is COc1ccc(Cl)cc1NC(=O)CN(c1ccccc1Br)S(C)(=O)=O. The molecular weight excluding hydrogens is 432 g/mol. The number of anilines is 2. The van der Waals surface area contributed by atoms with Crippen molar-refractivity contribution in [3.63, 3.8) is 0 Å². The van der Waals surface area contributed by atoms with Gasteiger partial charge in [-0.05, 0) is 46.3 Å². The third-order valence-corrected chi connectivity index (χ3v) is 5.28. The van der Waals surface area contributed by atoms with Crippen molar-refractivity contribution in [2.45, 2.75) is 0 Å². The van der Waals surface area contributed by atoms with E-state index in [2.05, 4.69) is 21.2 Å². The summed E-state index contributed by atoms with van der Waals surface area (Å²) in [4.78, 5) is 12.4. The molecule has 0 aliphatic rings. The Morgan fingerprint density at radius 2 is 1.96 bits per heavy atom. The molecule has 2 aromatic rings. The molecule has 0 aliphatic carbocycles. The summed E-state index contributed by atoms with van der Waals surface area (Å²) in [5, 5.41) is 3.04. The predicted octanol–water partition coefficient (Wildman–Crippen LogP) is 3.52. The van der Waals surface area contributed by atoms with Gasteiger partial charge in [-0.25, -0.2) is 8.42 Å². The summed E-state index contributed by atoms with van der Waals surface area (Å²) < 4.78 is 31.0. The molecule has 0 saturated carbocycles. The summed E-state index contributed by atoms with van der Waals surface area (Å²) in [5.41, 5.74) is 0.735. The van der Waals surface area contributed by atoms with Gasteiger partial charge in [-0.3, -0.25) is 9.10 Å². The Balaban J connectivity index is 2.27. The molecule has 0 unspecified atom stereocenters. The second-order valence-electron chi connectivity index (χ2n) is 5.11. The standard InChI is InChI=1S/C16H16BrClN2O4S/c1-24-15-8-7-11(18)9-13(15)19-16(21)10-20(25(2,22)23)14-6-4-3-5-12(14)17/h3-9H,10H2,1-2H3,(H,19,21). The molecule has 25 heavy (non-hydrogen) atoms. The number of methoxy groups -OCH3 is 1. The number of nitrogens with zero attached hydrogens (tertiary/aromatic N) is 1. The number of halogens is 2. The van der Waals surface area contributed by atoms with Gasteiger partial charge in [-0.1, -0.05) is 23.7 Å². The third-order valence-electron chi connectivity index (χ3n) is 3.24. The van der Waals surface area contributed by atoms with Crippen LogP contribution in [-0.4, -0.2) is 34.2 Å². The number of para-hydroxylation sites is 1. The van der Waals surface area contributed by atoms with Crippen molar-refractivity contribution >= 4 is 54.8 Å². The van der Waals surface area contributed by atoms with Crippen molar-refractivity contribution in [2.75, 3.05) is 29.5 Å². The van der Waals surface area contributed by atoms with E-state index < -0.39 is 22.5 Å². The number of nitrogens with one attached hydrogen (secondary N) is 1. The molecule has 134 valence electrons. The van der Waals surface area contributed by atoms with Gasteiger partial charge in [0.2, 0.25) is 15.9 Å². The van der Waals surface area contributed by atoms with Gasteiger partial charge in [0.1, 0.15) is 12.3 Å². The van der Waals surface area contributed by atoms with Gasteiger partial charge < -0.3 is 10.1 Å². The highest BCUT2D eigenvalue weighted by Crippen LogP contribution is 2.29. The van der Waals surface area contributed by atoms with Crippen LogP contribution >= 0.6 is 27.5 Å². The lowest BCUT2D eigenvalue weighted by Crippen LogP contribution is -2.37. The van der Waals surface area contributed by atoms with Crippen LogP contribution in [0.5, 0.6) is 5.75 Å². The molecule has 0 aromatic heterocycles. The maximum absolute atomic E-state index is 12.4. The lowest BCUT2D eigenvalue weighted by Gasteiger charge is -2.23. The molecule has 0 bridgehead atoms. The second-order valence-corrected chi connectivity index (χ2v) is 8.31. The van der Waals surface area contributed by atoms with E-state index in [0.29, 0.717) is 26.6 Å². The highest BCUT2D eigenvalue weighted by atomic mass is 79.9. The molecule has 0 aliphatic heterocycles. The quantitative estimate of drug-likeness (QED) is 0.735. The van der Waals surface area contributed by atoms with E-state index in [1.807, 2.05) is 0 Å². The van der Waals surface area contributed by atoms with Crippen LogP contribution in [-0.2, 0) is 14.8 Å². The van der Waals surface area contributed by atoms with Gasteiger partial charge in [0.05, 0.1) is 24.7 Å². The highest BCUT2D eigenvalue weighted by Gasteiger charge is 2.23. The van der Waals surface area contributed by atoms with Gasteiger partial charge in [-0.15, -0.1) is 0 Å². The average Bonchev–Trinajstić information content (AvgIpc) is 2.53. The van der Waals surface area contributed by atoms with Gasteiger partial charge in [0.25, 0.3) is 0 Å². The van der Waals surface area contributed by atoms with Crippen molar-refractivity contribution in [3.8, 4) is 5.75 Å². The summed E-state index contributed by atoms with van der Waals surface area (Å²) >= 11 is 9.24. The molecular formula is C16H16BrClN2O4S. The fourth-order valence-electron chi connectivity index (χ4n) is 2.13. The average molecular weight is 448 g/mol. The molecule has 2 rings (SSSR count). The lowest BCUT2D eigenvalue weighted by molar-refractivity contribution is -0.114. The number of amides is 1. The number of rotatable bonds is 6. The summed E-state index contributed by atoms with van der Waals surface area (Å²) in [5.74, 6) is -0.105. The first-order chi connectivity index (χ1) is 11.7. The number of benzene rings is 2. The smallest absolute Gasteiger partial charge is 0.245 e. The van der Waals surface area contributed by atoms with Crippen LogP contribution in [0.15, 0.2) is 46.9 Å². The number of carbonyl (C=O) groups excluding carboxylic acids is 1. The minimum Gasteiger partial charge on any atom is -0.495 e. The van der Waals surface area contributed by atoms with E-state index in [4.69, 9.17) is 16.3 Å². The first kappa shape index (κ1) is 19.6. The summed E-state index contributed by atoms with van der Waals surface area (Å²) in [7, 11) is -2.21. The van der Waals surface area contributed by atoms with Gasteiger partial charge in [-0.2, -0.15) is 0 Å². The zero-order valence-electron chi connectivity index (χ0n) is 13.5. The minimum atomic E-state index is -3.67. The van der Waals surface area contributed by atoms with Crippen molar-refractivity contribution in [1.29, 1.82) is 0 Å². The van der Waals surface area contributed by atoms with Crippen LogP contribution in [0.25, 0.3) is 0 Å². The van der Waals surface area contributed by atoms with E-state index >= 15 is 0 Å². The highest BCUT2D eigenvalue weighted by molar-refractivity contribution is 9.10. The van der Waals surface area contributed by atoms with E-state index in [1.54, 1.807) is 36.4 Å². The fraction of sp³-hybridized carbons (Fsp3) is 0.188. The van der Waals surface area contributed by atoms with Crippen molar-refractivity contribution in [3.05, 3.63) is 52.0 Å². The van der Waals surface area contributed by atoms with Crippen LogP contribution in [0.4, 0.5) is 11.4 Å². The Bertz CT molecular complexity index is 889. The van der Waals surface area contributed by atoms with Crippen LogP contribution in [0.3, 0.4) is 0 Å². The predicted molar refractivity (Wildman–Crippen MR) is 103 cm³/mol. The van der Waals surface area contributed by atoms with E-state index in [-0.39, 0.29) is 0 Å². The fourth-order valence-corrected chi connectivity index (χ4v) is 3.79. The van der Waals surface area contributed by atoms with Gasteiger partial charge in [0.15, 0.2) is 0 Å². The maximum atomic E-state index is 12.4. The third kappa shape index (κ3) is 5.10. The molecule has 0 saturated heterocycles. The summed E-state index contributed by atoms with van der Waals surface area (Å²) in [6.45, 7) is -0.392.